The minimum absolute atomic E-state index is 0.505. The molecule has 0 bridgehead atoms. The fraction of sp³-hybridized carbons (Fsp3) is 0.250. The molecule has 0 aromatic heterocycles. The SMILES string of the molecule is COC(=N[CH]=[V])[C](N)=[W]. The molecule has 49 valence electrons. The van der Waals surface area contributed by atoms with Gasteiger partial charge in [0.2, 0.25) is 0 Å². The van der Waals surface area contributed by atoms with Crippen molar-refractivity contribution in [1.82, 2.24) is 0 Å². The second-order valence-corrected chi connectivity index (χ2v) is 3.06. The van der Waals surface area contributed by atoms with Crippen LogP contribution < -0.4 is 5.73 Å². The molecule has 0 unspecified atom stereocenters. The van der Waals surface area contributed by atoms with E-state index in [1.807, 2.05) is 0 Å². The molecule has 5 heteroatoms. The van der Waals surface area contributed by atoms with E-state index < -0.39 is 0 Å². The van der Waals surface area contributed by atoms with E-state index in [1.54, 1.807) is 12.0 Å². The number of ether oxygens (including phenoxy) is 1. The predicted molar refractivity (Wildman–Crippen MR) is 29.7 cm³/mol. The average Bonchev–Trinajstić information content (AvgIpc) is 1.82. The number of hydrogen-bond acceptors (Lipinski definition) is 3. The van der Waals surface area contributed by atoms with Crippen molar-refractivity contribution in [2.45, 2.75) is 0 Å². The van der Waals surface area contributed by atoms with E-state index in [4.69, 9.17) is 10.5 Å². The average molecular weight is 333 g/mol. The van der Waals surface area contributed by atoms with E-state index in [2.05, 4.69) is 22.0 Å². The molecular weight excluding hydrogens is 327 g/mol. The first kappa shape index (κ1) is 9.44. The second-order valence-electron chi connectivity index (χ2n) is 1.12. The Kier molecular flexibility index (Phi) is 5.50. The summed E-state index contributed by atoms with van der Waals surface area (Å²) in [6.07, 6.45) is 0. The Morgan fingerprint density at radius 1 is 1.89 bits per heavy atom. The van der Waals surface area contributed by atoms with E-state index in [9.17, 15) is 0 Å². The van der Waals surface area contributed by atoms with Crippen molar-refractivity contribution in [1.29, 1.82) is 0 Å². The van der Waals surface area contributed by atoms with Gasteiger partial charge in [0.05, 0.1) is 0 Å². The minimum atomic E-state index is 0.505. The van der Waals surface area contributed by atoms with Crippen molar-refractivity contribution < 1.29 is 41.1 Å². The Morgan fingerprint density at radius 3 is 2.56 bits per heavy atom. The van der Waals surface area contributed by atoms with Crippen LogP contribution in [-0.4, -0.2) is 21.9 Å². The van der Waals surface area contributed by atoms with Gasteiger partial charge in [-0.1, -0.05) is 0 Å². The summed E-state index contributed by atoms with van der Waals surface area (Å²) in [6.45, 7) is 0. The fourth-order valence-electron chi connectivity index (χ4n) is 0.269. The molecular formula is C4H6N2OVW. The third-order valence-electron chi connectivity index (χ3n) is 0.579. The maximum atomic E-state index is 5.40. The number of nitrogens with two attached hydrogens (primary N) is 1. The number of methoxy groups -OCH3 is 1. The zero-order valence-electron chi connectivity index (χ0n) is 4.87. The summed E-state index contributed by atoms with van der Waals surface area (Å²) in [6, 6.07) is 0. The molecule has 0 amide bonds. The summed E-state index contributed by atoms with van der Waals surface area (Å²) in [7, 11) is 1.55. The Hall–Kier alpha value is 0.443. The molecule has 0 saturated heterocycles. The summed E-state index contributed by atoms with van der Waals surface area (Å²) < 4.78 is 5.49. The predicted octanol–water partition coefficient (Wildman–Crippen LogP) is -1.03. The van der Waals surface area contributed by atoms with Gasteiger partial charge in [-0.3, -0.25) is 0 Å². The number of hydrogen-bond donors (Lipinski definition) is 1. The molecule has 2 N–H and O–H groups in total. The maximum absolute atomic E-state index is 5.40. The first-order valence-electron chi connectivity index (χ1n) is 2.10. The third kappa shape index (κ3) is 3.93. The van der Waals surface area contributed by atoms with Crippen molar-refractivity contribution >= 4 is 14.8 Å². The van der Waals surface area contributed by atoms with Crippen LogP contribution in [0.2, 0.25) is 0 Å². The van der Waals surface area contributed by atoms with Gasteiger partial charge in [-0.05, 0) is 0 Å². The van der Waals surface area contributed by atoms with Crippen LogP contribution in [0.5, 0.6) is 0 Å². The van der Waals surface area contributed by atoms with Gasteiger partial charge in [0.1, 0.15) is 0 Å². The molecule has 0 aliphatic rings. The summed E-state index contributed by atoms with van der Waals surface area (Å²) in [5.74, 6) is 0.505. The van der Waals surface area contributed by atoms with E-state index in [0.29, 0.717) is 9.92 Å². The topological polar surface area (TPSA) is 47.6 Å². The quantitative estimate of drug-likeness (QED) is 0.519. The van der Waals surface area contributed by atoms with Crippen LogP contribution in [0.4, 0.5) is 0 Å². The van der Waals surface area contributed by atoms with Gasteiger partial charge in [-0.15, -0.1) is 0 Å². The standard InChI is InChI=1S/C4H6N2O.V.W/c1-6-4(3-5)7-2;;/h1H,5H2,2H3;;. The van der Waals surface area contributed by atoms with Crippen LogP contribution in [0.3, 0.4) is 0 Å². The van der Waals surface area contributed by atoms with E-state index in [-0.39, 0.29) is 0 Å². The van der Waals surface area contributed by atoms with Crippen LogP contribution in [0.15, 0.2) is 4.99 Å². The van der Waals surface area contributed by atoms with Crippen molar-refractivity contribution in [2.75, 3.05) is 7.11 Å². The number of aliphatic imine (C=N–C) groups is 1. The van der Waals surface area contributed by atoms with Gasteiger partial charge < -0.3 is 0 Å². The molecule has 0 aromatic carbocycles. The molecule has 0 aromatic rings. The number of nitrogens with zero attached hydrogens (tertiary/aromatic N) is 1. The first-order valence-corrected chi connectivity index (χ1v) is 4.37. The van der Waals surface area contributed by atoms with Gasteiger partial charge in [0.15, 0.2) is 0 Å². The molecule has 0 heterocycles. The van der Waals surface area contributed by atoms with Gasteiger partial charge in [-0.25, -0.2) is 0 Å². The van der Waals surface area contributed by atoms with E-state index >= 15 is 0 Å². The van der Waals surface area contributed by atoms with Gasteiger partial charge in [-0.2, -0.15) is 0 Å². The Morgan fingerprint density at radius 2 is 2.44 bits per heavy atom. The van der Waals surface area contributed by atoms with Crippen LogP contribution in [0.1, 0.15) is 0 Å². The molecule has 0 aliphatic heterocycles. The molecule has 0 atom stereocenters. The van der Waals surface area contributed by atoms with Crippen molar-refractivity contribution in [3.05, 3.63) is 0 Å². The molecule has 0 spiro atoms. The number of rotatable bonds is 2. The Labute approximate surface area is 73.6 Å². The summed E-state index contributed by atoms with van der Waals surface area (Å²) in [5.41, 5.74) is 5.40. The van der Waals surface area contributed by atoms with Crippen LogP contribution in [-0.2, 0) is 41.1 Å². The van der Waals surface area contributed by atoms with Crippen LogP contribution in [0, 0.1) is 0 Å². The van der Waals surface area contributed by atoms with E-state index in [0.717, 1.165) is 0 Å². The summed E-state index contributed by atoms with van der Waals surface area (Å²) in [5, 5.41) is 0. The third-order valence-corrected chi connectivity index (χ3v) is 1.39. The van der Waals surface area contributed by atoms with E-state index in [1.165, 1.54) is 19.4 Å². The van der Waals surface area contributed by atoms with Crippen molar-refractivity contribution in [2.24, 2.45) is 10.7 Å². The first-order chi connectivity index (χ1) is 4.22. The molecule has 0 saturated carbocycles. The molecule has 3 nitrogen and oxygen atoms in total. The summed E-state index contributed by atoms with van der Waals surface area (Å²) in [4.78, 5) is 5.43. The monoisotopic (exact) mass is 333 g/mol. The van der Waals surface area contributed by atoms with Gasteiger partial charge in [0, 0.05) is 0 Å². The zero-order chi connectivity index (χ0) is 7.28. The molecule has 0 fully saturated rings. The Bertz CT molecular complexity index is 157. The van der Waals surface area contributed by atoms with Gasteiger partial charge >= 0.3 is 73.7 Å². The molecule has 0 aliphatic carbocycles. The molecule has 0 radical (unpaired) electrons. The van der Waals surface area contributed by atoms with Gasteiger partial charge in [0.25, 0.3) is 0 Å². The zero-order valence-corrected chi connectivity index (χ0v) is 9.20. The van der Waals surface area contributed by atoms with Crippen molar-refractivity contribution in [3.8, 4) is 0 Å². The Balaban J connectivity index is 4.14. The van der Waals surface area contributed by atoms with Crippen molar-refractivity contribution in [3.63, 3.8) is 0 Å². The molecule has 0 rings (SSSR count). The fourth-order valence-corrected chi connectivity index (χ4v) is 0.922. The second kappa shape index (κ2) is 5.25. The normalized spacial score (nSPS) is 10.6. The van der Waals surface area contributed by atoms with Crippen LogP contribution >= 0.6 is 0 Å². The molecule has 9 heavy (non-hydrogen) atoms. The summed E-state index contributed by atoms with van der Waals surface area (Å²) >= 11 is 3.38. The van der Waals surface area contributed by atoms with Crippen LogP contribution in [0.25, 0.3) is 0 Å².